The van der Waals surface area contributed by atoms with Crippen LogP contribution in [0.3, 0.4) is 0 Å². The molecule has 2 rings (SSSR count). The number of hydrogen-bond acceptors (Lipinski definition) is 3. The van der Waals surface area contributed by atoms with Crippen molar-refractivity contribution in [3.05, 3.63) is 18.0 Å². The molecule has 0 aromatic carbocycles. The molecule has 1 aliphatic rings. The minimum atomic E-state index is 0.315. The van der Waals surface area contributed by atoms with Crippen molar-refractivity contribution in [1.82, 2.24) is 4.98 Å². The molecule has 21 heavy (non-hydrogen) atoms. The fraction of sp³-hybridized carbons (Fsp3) is 0.722. The summed E-state index contributed by atoms with van der Waals surface area (Å²) in [5, 5.41) is 3.66. The van der Waals surface area contributed by atoms with Gasteiger partial charge in [-0.25, -0.2) is 0 Å². The molecule has 1 aromatic heterocycles. The van der Waals surface area contributed by atoms with E-state index in [-0.39, 0.29) is 0 Å². The molecule has 0 spiro atoms. The molecule has 1 aromatic rings. The van der Waals surface area contributed by atoms with Crippen LogP contribution in [-0.2, 0) is 0 Å². The molecule has 0 saturated heterocycles. The third-order valence-electron chi connectivity index (χ3n) is 5.31. The topological polar surface area (TPSA) is 34.1 Å². The fourth-order valence-electron chi connectivity index (χ4n) is 3.63. The Labute approximate surface area is 129 Å². The lowest BCUT2D eigenvalue weighted by atomic mass is 9.59. The first-order valence-corrected chi connectivity index (χ1v) is 8.13. The predicted molar refractivity (Wildman–Crippen MR) is 89.0 cm³/mol. The normalized spacial score (nSPS) is 18.3. The van der Waals surface area contributed by atoms with Crippen LogP contribution in [0.25, 0.3) is 0 Å². The summed E-state index contributed by atoms with van der Waals surface area (Å²) < 4.78 is 5.51. The third-order valence-corrected chi connectivity index (χ3v) is 5.31. The summed E-state index contributed by atoms with van der Waals surface area (Å²) in [4.78, 5) is 4.31. The first kappa shape index (κ1) is 16.1. The number of anilines is 1. The van der Waals surface area contributed by atoms with Crippen LogP contribution >= 0.6 is 0 Å². The molecule has 0 atom stereocenters. The second-order valence-corrected chi connectivity index (χ2v) is 7.42. The summed E-state index contributed by atoms with van der Waals surface area (Å²) in [6, 6.07) is 2.02. The van der Waals surface area contributed by atoms with Crippen LogP contribution in [0.15, 0.2) is 12.3 Å². The molecule has 1 N–H and O–H groups in total. The number of nitrogens with zero attached hydrogens (tertiary/aromatic N) is 1. The van der Waals surface area contributed by atoms with Gasteiger partial charge in [0.15, 0.2) is 5.75 Å². The first-order chi connectivity index (χ1) is 9.89. The second kappa shape index (κ2) is 6.25. The van der Waals surface area contributed by atoms with E-state index in [9.17, 15) is 0 Å². The van der Waals surface area contributed by atoms with E-state index in [0.29, 0.717) is 10.8 Å². The molecule has 0 bridgehead atoms. The number of pyridine rings is 1. The van der Waals surface area contributed by atoms with E-state index in [4.69, 9.17) is 4.74 Å². The van der Waals surface area contributed by atoms with Gasteiger partial charge in [-0.05, 0) is 36.7 Å². The standard InChI is InChI=1S/C18H30N2O/c1-14-16(21-5)15(9-12-19-14)20-13-18(17(2,3)4)10-7-6-8-11-18/h9,12H,6-8,10-11,13H2,1-5H3,(H,19,20). The first-order valence-electron chi connectivity index (χ1n) is 8.13. The monoisotopic (exact) mass is 290 g/mol. The minimum absolute atomic E-state index is 0.315. The Kier molecular flexibility index (Phi) is 4.80. The molecule has 118 valence electrons. The average molecular weight is 290 g/mol. The van der Waals surface area contributed by atoms with E-state index in [0.717, 1.165) is 23.7 Å². The molecule has 1 heterocycles. The molecule has 3 heteroatoms. The molecule has 0 amide bonds. The second-order valence-electron chi connectivity index (χ2n) is 7.42. The van der Waals surface area contributed by atoms with Crippen molar-refractivity contribution in [2.75, 3.05) is 19.0 Å². The average Bonchev–Trinajstić information content (AvgIpc) is 2.45. The van der Waals surface area contributed by atoms with Crippen molar-refractivity contribution in [1.29, 1.82) is 0 Å². The molecule has 1 saturated carbocycles. The van der Waals surface area contributed by atoms with Gasteiger partial charge in [0.05, 0.1) is 18.5 Å². The lowest BCUT2D eigenvalue weighted by Crippen LogP contribution is -2.43. The third kappa shape index (κ3) is 3.33. The summed E-state index contributed by atoms with van der Waals surface area (Å²) in [5.41, 5.74) is 2.69. The summed E-state index contributed by atoms with van der Waals surface area (Å²) in [7, 11) is 1.72. The number of aromatic nitrogens is 1. The Balaban J connectivity index is 2.18. The highest BCUT2D eigenvalue weighted by Gasteiger charge is 2.42. The quantitative estimate of drug-likeness (QED) is 0.864. The van der Waals surface area contributed by atoms with Crippen LogP contribution in [-0.4, -0.2) is 18.6 Å². The number of ether oxygens (including phenoxy) is 1. The zero-order valence-corrected chi connectivity index (χ0v) is 14.3. The van der Waals surface area contributed by atoms with E-state index in [1.54, 1.807) is 7.11 Å². The van der Waals surface area contributed by atoms with Gasteiger partial charge in [0, 0.05) is 12.7 Å². The van der Waals surface area contributed by atoms with Gasteiger partial charge in [-0.15, -0.1) is 0 Å². The Morgan fingerprint density at radius 2 is 1.90 bits per heavy atom. The summed E-state index contributed by atoms with van der Waals surface area (Å²) in [6.07, 6.45) is 8.57. The molecule has 0 radical (unpaired) electrons. The van der Waals surface area contributed by atoms with Crippen LogP contribution in [0.2, 0.25) is 0 Å². The van der Waals surface area contributed by atoms with Gasteiger partial charge in [0.25, 0.3) is 0 Å². The Bertz CT molecular complexity index is 471. The van der Waals surface area contributed by atoms with Crippen molar-refractivity contribution in [3.8, 4) is 5.75 Å². The molecule has 0 aliphatic heterocycles. The molecule has 1 fully saturated rings. The van der Waals surface area contributed by atoms with Crippen LogP contribution < -0.4 is 10.1 Å². The largest absolute Gasteiger partial charge is 0.493 e. The van der Waals surface area contributed by atoms with Crippen LogP contribution in [0.1, 0.15) is 58.6 Å². The zero-order chi connectivity index (χ0) is 15.5. The van der Waals surface area contributed by atoms with Crippen molar-refractivity contribution in [2.45, 2.75) is 59.8 Å². The van der Waals surface area contributed by atoms with Gasteiger partial charge >= 0.3 is 0 Å². The SMILES string of the molecule is COc1c(NCC2(C(C)(C)C)CCCCC2)ccnc1C. The maximum Gasteiger partial charge on any atom is 0.163 e. The van der Waals surface area contributed by atoms with Gasteiger partial charge < -0.3 is 10.1 Å². The van der Waals surface area contributed by atoms with E-state index in [1.807, 2.05) is 19.2 Å². The van der Waals surface area contributed by atoms with Crippen molar-refractivity contribution in [3.63, 3.8) is 0 Å². The zero-order valence-electron chi connectivity index (χ0n) is 14.3. The maximum absolute atomic E-state index is 5.51. The van der Waals surface area contributed by atoms with Crippen molar-refractivity contribution < 1.29 is 4.74 Å². The number of rotatable bonds is 4. The highest BCUT2D eigenvalue weighted by Crippen LogP contribution is 2.49. The van der Waals surface area contributed by atoms with Crippen LogP contribution in [0.5, 0.6) is 5.75 Å². The van der Waals surface area contributed by atoms with Crippen LogP contribution in [0, 0.1) is 17.8 Å². The lowest BCUT2D eigenvalue weighted by Gasteiger charge is -2.48. The number of methoxy groups -OCH3 is 1. The molecule has 0 unspecified atom stereocenters. The number of aryl methyl sites for hydroxylation is 1. The summed E-state index contributed by atoms with van der Waals surface area (Å²) >= 11 is 0. The number of nitrogens with one attached hydrogen (secondary N) is 1. The van der Waals surface area contributed by atoms with E-state index in [1.165, 1.54) is 32.1 Å². The van der Waals surface area contributed by atoms with Crippen LogP contribution in [0.4, 0.5) is 5.69 Å². The Morgan fingerprint density at radius 3 is 2.48 bits per heavy atom. The van der Waals surface area contributed by atoms with E-state index >= 15 is 0 Å². The minimum Gasteiger partial charge on any atom is -0.493 e. The highest BCUT2D eigenvalue weighted by atomic mass is 16.5. The van der Waals surface area contributed by atoms with Crippen molar-refractivity contribution >= 4 is 5.69 Å². The Morgan fingerprint density at radius 1 is 1.24 bits per heavy atom. The smallest absolute Gasteiger partial charge is 0.163 e. The van der Waals surface area contributed by atoms with Gasteiger partial charge in [0.1, 0.15) is 0 Å². The van der Waals surface area contributed by atoms with Gasteiger partial charge in [-0.2, -0.15) is 0 Å². The summed E-state index contributed by atoms with van der Waals surface area (Å²) in [6.45, 7) is 10.2. The van der Waals surface area contributed by atoms with Crippen molar-refractivity contribution in [2.24, 2.45) is 10.8 Å². The highest BCUT2D eigenvalue weighted by molar-refractivity contribution is 5.57. The molecular formula is C18H30N2O. The molecule has 3 nitrogen and oxygen atoms in total. The van der Waals surface area contributed by atoms with E-state index < -0.39 is 0 Å². The molecule has 1 aliphatic carbocycles. The molecular weight excluding hydrogens is 260 g/mol. The van der Waals surface area contributed by atoms with Gasteiger partial charge in [-0.1, -0.05) is 40.0 Å². The predicted octanol–water partition coefficient (Wildman–Crippen LogP) is 4.81. The fourth-order valence-corrected chi connectivity index (χ4v) is 3.63. The number of hydrogen-bond donors (Lipinski definition) is 1. The maximum atomic E-state index is 5.51. The lowest BCUT2D eigenvalue weighted by molar-refractivity contribution is 0.0532. The Hall–Kier alpha value is -1.25. The summed E-state index contributed by atoms with van der Waals surface area (Å²) in [5.74, 6) is 0.873. The van der Waals surface area contributed by atoms with E-state index in [2.05, 4.69) is 31.1 Å². The van der Waals surface area contributed by atoms with Gasteiger partial charge in [0.2, 0.25) is 0 Å². The van der Waals surface area contributed by atoms with Gasteiger partial charge in [-0.3, -0.25) is 4.98 Å².